The first-order chi connectivity index (χ1) is 12.9. The number of carbonyl (C=O) groups excluding carboxylic acids is 1. The molecule has 27 heavy (non-hydrogen) atoms. The second-order valence-electron chi connectivity index (χ2n) is 6.02. The minimum atomic E-state index is -1.28. The highest BCUT2D eigenvalue weighted by Gasteiger charge is 2.28. The van der Waals surface area contributed by atoms with Gasteiger partial charge in [0.05, 0.1) is 0 Å². The van der Waals surface area contributed by atoms with E-state index in [2.05, 4.69) is 0 Å². The van der Waals surface area contributed by atoms with Crippen LogP contribution in [-0.2, 0) is 14.3 Å². The molecule has 3 rings (SSSR count). The van der Waals surface area contributed by atoms with Gasteiger partial charge >= 0.3 is 11.9 Å². The summed E-state index contributed by atoms with van der Waals surface area (Å²) < 4.78 is 19.0. The standard InChI is InChI=1S/C21H17FO4S/c1-12-17(9-13-3-6-15(27-2)7-4-13)16-8-5-14(22)10-18(16)21(12)26-20(25)11-19(23)24/h3-10H,11H2,1-2H3,(H,23,24). The summed E-state index contributed by atoms with van der Waals surface area (Å²) in [5, 5.41) is 8.76. The number of hydrogen-bond acceptors (Lipinski definition) is 4. The highest BCUT2D eigenvalue weighted by Crippen LogP contribution is 2.43. The molecule has 0 atom stereocenters. The monoisotopic (exact) mass is 384 g/mol. The van der Waals surface area contributed by atoms with Crippen molar-refractivity contribution in [3.8, 4) is 0 Å². The van der Waals surface area contributed by atoms with E-state index in [-0.39, 0.29) is 5.76 Å². The molecule has 0 unspecified atom stereocenters. The Balaban J connectivity index is 2.04. The number of hydrogen-bond donors (Lipinski definition) is 1. The SMILES string of the molecule is CSc1ccc(C=C2C(C)=C(OC(=O)CC(=O)O)c3cc(F)ccc32)cc1. The van der Waals surface area contributed by atoms with Crippen molar-refractivity contribution in [3.05, 3.63) is 70.5 Å². The van der Waals surface area contributed by atoms with Gasteiger partial charge in [0.1, 0.15) is 18.0 Å². The second-order valence-corrected chi connectivity index (χ2v) is 6.90. The van der Waals surface area contributed by atoms with Gasteiger partial charge in [-0.25, -0.2) is 4.39 Å². The molecular formula is C21H17FO4S. The lowest BCUT2D eigenvalue weighted by Crippen LogP contribution is -2.10. The highest BCUT2D eigenvalue weighted by molar-refractivity contribution is 7.98. The minimum absolute atomic E-state index is 0.197. The number of esters is 1. The van der Waals surface area contributed by atoms with Crippen molar-refractivity contribution < 1.29 is 23.8 Å². The van der Waals surface area contributed by atoms with Gasteiger partial charge in [0, 0.05) is 16.0 Å². The topological polar surface area (TPSA) is 63.6 Å². The zero-order chi connectivity index (χ0) is 19.6. The summed E-state index contributed by atoms with van der Waals surface area (Å²) in [6, 6.07) is 12.2. The number of thioether (sulfide) groups is 1. The Labute approximate surface area is 160 Å². The van der Waals surface area contributed by atoms with Gasteiger partial charge in [-0.1, -0.05) is 18.2 Å². The predicted molar refractivity (Wildman–Crippen MR) is 103 cm³/mol. The molecule has 0 aliphatic heterocycles. The predicted octanol–water partition coefficient (Wildman–Crippen LogP) is 4.85. The van der Waals surface area contributed by atoms with Gasteiger partial charge in [0.25, 0.3) is 0 Å². The van der Waals surface area contributed by atoms with Gasteiger partial charge in [-0.05, 0) is 60.2 Å². The number of carboxylic acids is 1. The third-order valence-corrected chi connectivity index (χ3v) is 4.94. The van der Waals surface area contributed by atoms with Crippen molar-refractivity contribution in [2.24, 2.45) is 0 Å². The summed E-state index contributed by atoms with van der Waals surface area (Å²) in [4.78, 5) is 23.7. The Morgan fingerprint density at radius 1 is 1.15 bits per heavy atom. The number of ether oxygens (including phenoxy) is 1. The number of halogens is 1. The minimum Gasteiger partial charge on any atom is -0.481 e. The van der Waals surface area contributed by atoms with E-state index in [1.165, 1.54) is 12.1 Å². The molecule has 0 bridgehead atoms. The Morgan fingerprint density at radius 3 is 2.48 bits per heavy atom. The molecule has 0 radical (unpaired) electrons. The van der Waals surface area contributed by atoms with E-state index < -0.39 is 24.2 Å². The molecule has 6 heteroatoms. The lowest BCUT2D eigenvalue weighted by atomic mass is 10.0. The number of fused-ring (bicyclic) bond motifs is 1. The molecule has 0 saturated carbocycles. The third kappa shape index (κ3) is 4.11. The van der Waals surface area contributed by atoms with Gasteiger partial charge < -0.3 is 9.84 Å². The van der Waals surface area contributed by atoms with E-state index in [0.717, 1.165) is 21.6 Å². The number of aliphatic carboxylic acids is 1. The normalized spacial score (nSPS) is 14.4. The molecule has 0 amide bonds. The van der Waals surface area contributed by atoms with Gasteiger partial charge in [0.15, 0.2) is 0 Å². The van der Waals surface area contributed by atoms with Gasteiger partial charge in [-0.3, -0.25) is 9.59 Å². The first-order valence-corrected chi connectivity index (χ1v) is 9.41. The molecule has 1 aliphatic carbocycles. The van der Waals surface area contributed by atoms with Crippen LogP contribution in [0.15, 0.2) is 52.9 Å². The van der Waals surface area contributed by atoms with Crippen molar-refractivity contribution >= 4 is 41.1 Å². The van der Waals surface area contributed by atoms with Crippen LogP contribution in [0.1, 0.15) is 30.0 Å². The largest absolute Gasteiger partial charge is 0.481 e. The van der Waals surface area contributed by atoms with Gasteiger partial charge in [-0.2, -0.15) is 0 Å². The zero-order valence-electron chi connectivity index (χ0n) is 14.8. The van der Waals surface area contributed by atoms with Crippen LogP contribution >= 0.6 is 11.8 Å². The maximum atomic E-state index is 13.8. The molecule has 138 valence electrons. The van der Waals surface area contributed by atoms with Crippen molar-refractivity contribution in [2.45, 2.75) is 18.2 Å². The van der Waals surface area contributed by atoms with E-state index in [9.17, 15) is 14.0 Å². The first kappa shape index (κ1) is 18.9. The van der Waals surface area contributed by atoms with Gasteiger partial charge in [0.2, 0.25) is 0 Å². The van der Waals surface area contributed by atoms with Crippen LogP contribution in [-0.4, -0.2) is 23.3 Å². The smallest absolute Gasteiger partial charge is 0.322 e. The molecule has 2 aromatic rings. The van der Waals surface area contributed by atoms with E-state index in [1.807, 2.05) is 36.6 Å². The summed E-state index contributed by atoms with van der Waals surface area (Å²) in [5.74, 6) is -2.43. The number of allylic oxidation sites excluding steroid dienone is 2. The molecule has 2 aromatic carbocycles. The fourth-order valence-corrected chi connectivity index (χ4v) is 3.33. The third-order valence-electron chi connectivity index (χ3n) is 4.20. The number of carbonyl (C=O) groups is 2. The Bertz CT molecular complexity index is 974. The zero-order valence-corrected chi connectivity index (χ0v) is 15.6. The molecule has 0 aromatic heterocycles. The van der Waals surface area contributed by atoms with Crippen molar-refractivity contribution in [3.63, 3.8) is 0 Å². The van der Waals surface area contributed by atoms with Gasteiger partial charge in [-0.15, -0.1) is 11.8 Å². The van der Waals surface area contributed by atoms with Crippen LogP contribution in [0.4, 0.5) is 4.39 Å². The first-order valence-electron chi connectivity index (χ1n) is 8.19. The molecule has 0 fully saturated rings. The fourth-order valence-electron chi connectivity index (χ4n) is 2.92. The lowest BCUT2D eigenvalue weighted by Gasteiger charge is -2.06. The summed E-state index contributed by atoms with van der Waals surface area (Å²) in [6.45, 7) is 1.77. The van der Waals surface area contributed by atoms with E-state index in [1.54, 1.807) is 24.8 Å². The Kier molecular flexibility index (Phi) is 5.46. The van der Waals surface area contributed by atoms with Crippen LogP contribution in [0, 0.1) is 5.82 Å². The maximum Gasteiger partial charge on any atom is 0.322 e. The highest BCUT2D eigenvalue weighted by atomic mass is 32.2. The van der Waals surface area contributed by atoms with Crippen LogP contribution in [0.2, 0.25) is 0 Å². The lowest BCUT2D eigenvalue weighted by molar-refractivity contribution is -0.146. The molecule has 4 nitrogen and oxygen atoms in total. The maximum absolute atomic E-state index is 13.8. The number of rotatable bonds is 5. The van der Waals surface area contributed by atoms with Crippen molar-refractivity contribution in [2.75, 3.05) is 6.26 Å². The average Bonchev–Trinajstić information content (AvgIpc) is 2.87. The summed E-state index contributed by atoms with van der Waals surface area (Å²) in [6.07, 6.45) is 3.19. The van der Waals surface area contributed by atoms with Crippen molar-refractivity contribution in [1.82, 2.24) is 0 Å². The number of benzene rings is 2. The second kappa shape index (κ2) is 7.80. The Hall–Kier alpha value is -2.86. The molecule has 0 spiro atoms. The van der Waals surface area contributed by atoms with Crippen LogP contribution in [0.3, 0.4) is 0 Å². The van der Waals surface area contributed by atoms with Crippen LogP contribution < -0.4 is 0 Å². The molecule has 1 aliphatic rings. The quantitative estimate of drug-likeness (QED) is 0.454. The summed E-state index contributed by atoms with van der Waals surface area (Å²) >= 11 is 1.65. The summed E-state index contributed by atoms with van der Waals surface area (Å²) in [5.41, 5.74) is 3.60. The molecular weight excluding hydrogens is 367 g/mol. The summed E-state index contributed by atoms with van der Waals surface area (Å²) in [7, 11) is 0. The Morgan fingerprint density at radius 2 is 1.85 bits per heavy atom. The van der Waals surface area contributed by atoms with Crippen LogP contribution in [0.5, 0.6) is 0 Å². The molecule has 0 saturated heterocycles. The fraction of sp³-hybridized carbons (Fsp3) is 0.143. The molecule has 1 N–H and O–H groups in total. The van der Waals surface area contributed by atoms with Crippen molar-refractivity contribution in [1.29, 1.82) is 0 Å². The van der Waals surface area contributed by atoms with E-state index in [0.29, 0.717) is 11.1 Å². The van der Waals surface area contributed by atoms with E-state index in [4.69, 9.17) is 9.84 Å². The average molecular weight is 384 g/mol. The van der Waals surface area contributed by atoms with E-state index >= 15 is 0 Å². The van der Waals surface area contributed by atoms with Crippen LogP contribution in [0.25, 0.3) is 17.4 Å². The molecule has 0 heterocycles. The number of carboxylic acid groups (broad SMARTS) is 1.